The molecule has 3 N–H and O–H groups in total. The maximum Gasteiger partial charge on any atom is 0.228 e. The third kappa shape index (κ3) is 3.71. The predicted octanol–water partition coefficient (Wildman–Crippen LogP) is 2.24. The van der Waals surface area contributed by atoms with Gasteiger partial charge in [0.05, 0.1) is 24.9 Å². The standard InChI is InChI=1S/C15H17N3O2/c1-2-20-15-8-7-12(10-17-15)18-14(19)9-11-5-3-4-6-13(11)16/h3-8,10H,2,9,16H2,1H3,(H,18,19). The summed E-state index contributed by atoms with van der Waals surface area (Å²) in [5.41, 5.74) is 7.87. The van der Waals surface area contributed by atoms with Crippen LogP contribution in [-0.4, -0.2) is 17.5 Å². The molecule has 5 heteroatoms. The van der Waals surface area contributed by atoms with Gasteiger partial charge < -0.3 is 15.8 Å². The number of nitrogen functional groups attached to an aromatic ring is 1. The molecule has 5 nitrogen and oxygen atoms in total. The third-order valence-corrected chi connectivity index (χ3v) is 2.72. The van der Waals surface area contributed by atoms with Crippen LogP contribution in [0.25, 0.3) is 0 Å². The molecule has 2 rings (SSSR count). The number of benzene rings is 1. The van der Waals surface area contributed by atoms with Crippen LogP contribution in [0.1, 0.15) is 12.5 Å². The fourth-order valence-electron chi connectivity index (χ4n) is 1.76. The second-order valence-electron chi connectivity index (χ2n) is 4.24. The Bertz CT molecular complexity index is 582. The molecule has 0 spiro atoms. The lowest BCUT2D eigenvalue weighted by atomic mass is 10.1. The molecule has 0 bridgehead atoms. The molecular weight excluding hydrogens is 254 g/mol. The van der Waals surface area contributed by atoms with Gasteiger partial charge in [0.15, 0.2) is 0 Å². The summed E-state index contributed by atoms with van der Waals surface area (Å²) in [4.78, 5) is 16.0. The second kappa shape index (κ2) is 6.56. The lowest BCUT2D eigenvalue weighted by Crippen LogP contribution is -2.15. The number of ether oxygens (including phenoxy) is 1. The topological polar surface area (TPSA) is 77.2 Å². The highest BCUT2D eigenvalue weighted by molar-refractivity contribution is 5.92. The highest BCUT2D eigenvalue weighted by Gasteiger charge is 2.07. The van der Waals surface area contributed by atoms with Crippen LogP contribution in [0.3, 0.4) is 0 Å². The summed E-state index contributed by atoms with van der Waals surface area (Å²) >= 11 is 0. The van der Waals surface area contributed by atoms with Gasteiger partial charge in [0, 0.05) is 11.8 Å². The molecule has 1 aromatic heterocycles. The van der Waals surface area contributed by atoms with Crippen molar-refractivity contribution in [2.75, 3.05) is 17.7 Å². The molecular formula is C15H17N3O2. The van der Waals surface area contributed by atoms with Crippen LogP contribution in [0.15, 0.2) is 42.6 Å². The number of pyridine rings is 1. The fraction of sp³-hybridized carbons (Fsp3) is 0.200. The monoisotopic (exact) mass is 271 g/mol. The zero-order valence-corrected chi connectivity index (χ0v) is 11.3. The van der Waals surface area contributed by atoms with Gasteiger partial charge in [0.2, 0.25) is 11.8 Å². The van der Waals surface area contributed by atoms with Crippen molar-refractivity contribution in [3.05, 3.63) is 48.2 Å². The third-order valence-electron chi connectivity index (χ3n) is 2.72. The molecule has 0 aliphatic heterocycles. The minimum Gasteiger partial charge on any atom is -0.478 e. The predicted molar refractivity (Wildman–Crippen MR) is 78.6 cm³/mol. The average Bonchev–Trinajstić information content (AvgIpc) is 2.44. The number of nitrogens with zero attached hydrogens (tertiary/aromatic N) is 1. The van der Waals surface area contributed by atoms with Crippen molar-refractivity contribution in [2.24, 2.45) is 0 Å². The number of carbonyl (C=O) groups excluding carboxylic acids is 1. The fourth-order valence-corrected chi connectivity index (χ4v) is 1.76. The van der Waals surface area contributed by atoms with Crippen LogP contribution < -0.4 is 15.8 Å². The highest BCUT2D eigenvalue weighted by atomic mass is 16.5. The van der Waals surface area contributed by atoms with Crippen LogP contribution >= 0.6 is 0 Å². The summed E-state index contributed by atoms with van der Waals surface area (Å²) in [5.74, 6) is 0.409. The van der Waals surface area contributed by atoms with Crippen molar-refractivity contribution in [3.63, 3.8) is 0 Å². The second-order valence-corrected chi connectivity index (χ2v) is 4.24. The van der Waals surface area contributed by atoms with E-state index in [1.807, 2.05) is 25.1 Å². The van der Waals surface area contributed by atoms with E-state index in [0.717, 1.165) is 5.56 Å². The Hall–Kier alpha value is -2.56. The summed E-state index contributed by atoms with van der Waals surface area (Å²) in [7, 11) is 0. The summed E-state index contributed by atoms with van der Waals surface area (Å²) in [6, 6.07) is 10.8. The number of aromatic nitrogens is 1. The maximum atomic E-state index is 11.9. The smallest absolute Gasteiger partial charge is 0.228 e. The number of amides is 1. The first-order chi connectivity index (χ1) is 9.69. The molecule has 1 amide bonds. The minimum absolute atomic E-state index is 0.131. The van der Waals surface area contributed by atoms with Crippen molar-refractivity contribution < 1.29 is 9.53 Å². The maximum absolute atomic E-state index is 11.9. The van der Waals surface area contributed by atoms with E-state index in [1.165, 1.54) is 0 Å². The number of rotatable bonds is 5. The number of carbonyl (C=O) groups is 1. The van der Waals surface area contributed by atoms with Crippen LogP contribution in [0, 0.1) is 0 Å². The zero-order chi connectivity index (χ0) is 14.4. The molecule has 1 heterocycles. The van der Waals surface area contributed by atoms with Gasteiger partial charge in [-0.15, -0.1) is 0 Å². The van der Waals surface area contributed by atoms with Gasteiger partial charge in [-0.1, -0.05) is 18.2 Å². The minimum atomic E-state index is -0.131. The first-order valence-corrected chi connectivity index (χ1v) is 6.41. The number of anilines is 2. The van der Waals surface area contributed by atoms with Crippen molar-refractivity contribution in [1.29, 1.82) is 0 Å². The lowest BCUT2D eigenvalue weighted by Gasteiger charge is -2.07. The first kappa shape index (κ1) is 13.9. The SMILES string of the molecule is CCOc1ccc(NC(=O)Cc2ccccc2N)cn1. The van der Waals surface area contributed by atoms with Gasteiger partial charge in [-0.3, -0.25) is 4.79 Å². The van der Waals surface area contributed by atoms with Gasteiger partial charge >= 0.3 is 0 Å². The number of hydrogen-bond donors (Lipinski definition) is 2. The quantitative estimate of drug-likeness (QED) is 0.818. The van der Waals surface area contributed by atoms with Crippen molar-refractivity contribution >= 4 is 17.3 Å². The van der Waals surface area contributed by atoms with E-state index < -0.39 is 0 Å². The van der Waals surface area contributed by atoms with Crippen LogP contribution in [0.5, 0.6) is 5.88 Å². The van der Waals surface area contributed by atoms with Crippen molar-refractivity contribution in [1.82, 2.24) is 4.98 Å². The number of hydrogen-bond acceptors (Lipinski definition) is 4. The van der Waals surface area contributed by atoms with Gasteiger partial charge in [-0.25, -0.2) is 4.98 Å². The van der Waals surface area contributed by atoms with Gasteiger partial charge in [0.25, 0.3) is 0 Å². The van der Waals surface area contributed by atoms with Crippen LogP contribution in [0.4, 0.5) is 11.4 Å². The van der Waals surface area contributed by atoms with E-state index in [0.29, 0.717) is 23.9 Å². The molecule has 0 atom stereocenters. The molecule has 0 radical (unpaired) electrons. The van der Waals surface area contributed by atoms with Crippen molar-refractivity contribution in [3.8, 4) is 5.88 Å². The van der Waals surface area contributed by atoms with Gasteiger partial charge in [-0.2, -0.15) is 0 Å². The van der Waals surface area contributed by atoms with E-state index >= 15 is 0 Å². The Labute approximate surface area is 117 Å². The van der Waals surface area contributed by atoms with E-state index in [9.17, 15) is 4.79 Å². The number of nitrogens with one attached hydrogen (secondary N) is 1. The Kier molecular flexibility index (Phi) is 4.55. The van der Waals surface area contributed by atoms with Gasteiger partial charge in [0.1, 0.15) is 0 Å². The van der Waals surface area contributed by atoms with Crippen LogP contribution in [0.2, 0.25) is 0 Å². The lowest BCUT2D eigenvalue weighted by molar-refractivity contribution is -0.115. The summed E-state index contributed by atoms with van der Waals surface area (Å²) in [6.45, 7) is 2.45. The van der Waals surface area contributed by atoms with E-state index in [-0.39, 0.29) is 12.3 Å². The summed E-state index contributed by atoms with van der Waals surface area (Å²) in [6.07, 6.45) is 1.80. The molecule has 104 valence electrons. The molecule has 0 aliphatic carbocycles. The molecule has 1 aromatic carbocycles. The van der Waals surface area contributed by atoms with E-state index in [2.05, 4.69) is 10.3 Å². The Morgan fingerprint density at radius 2 is 2.10 bits per heavy atom. The van der Waals surface area contributed by atoms with E-state index in [4.69, 9.17) is 10.5 Å². The summed E-state index contributed by atoms with van der Waals surface area (Å²) in [5, 5.41) is 2.77. The first-order valence-electron chi connectivity index (χ1n) is 6.41. The van der Waals surface area contributed by atoms with Gasteiger partial charge in [-0.05, 0) is 24.6 Å². The largest absolute Gasteiger partial charge is 0.478 e. The van der Waals surface area contributed by atoms with E-state index in [1.54, 1.807) is 24.4 Å². The Morgan fingerprint density at radius 1 is 1.30 bits per heavy atom. The number of para-hydroxylation sites is 1. The van der Waals surface area contributed by atoms with Crippen molar-refractivity contribution in [2.45, 2.75) is 13.3 Å². The molecule has 2 aromatic rings. The molecule has 0 saturated carbocycles. The molecule has 0 aliphatic rings. The van der Waals surface area contributed by atoms with Crippen LogP contribution in [-0.2, 0) is 11.2 Å². The Morgan fingerprint density at radius 3 is 2.75 bits per heavy atom. The molecule has 0 saturated heterocycles. The average molecular weight is 271 g/mol. The molecule has 0 unspecified atom stereocenters. The normalized spacial score (nSPS) is 10.1. The summed E-state index contributed by atoms with van der Waals surface area (Å²) < 4.78 is 5.24. The molecule has 0 fully saturated rings. The zero-order valence-electron chi connectivity index (χ0n) is 11.3. The Balaban J connectivity index is 1.96. The molecule has 20 heavy (non-hydrogen) atoms. The number of nitrogens with two attached hydrogens (primary N) is 1. The highest BCUT2D eigenvalue weighted by Crippen LogP contribution is 2.14.